The molecule has 2 saturated heterocycles. The molecule has 0 radical (unpaired) electrons. The van der Waals surface area contributed by atoms with Gasteiger partial charge in [-0.05, 0) is 36.1 Å². The summed E-state index contributed by atoms with van der Waals surface area (Å²) in [6.07, 6.45) is -0.342. The summed E-state index contributed by atoms with van der Waals surface area (Å²) < 4.78 is 46.9. The molecule has 10 heteroatoms. The molecule has 1 amide bonds. The summed E-state index contributed by atoms with van der Waals surface area (Å²) in [6, 6.07) is 4.48. The summed E-state index contributed by atoms with van der Waals surface area (Å²) in [5.74, 6) is -0.110. The zero-order chi connectivity index (χ0) is 21.4. The first-order chi connectivity index (χ1) is 14.3. The van der Waals surface area contributed by atoms with Crippen molar-refractivity contribution in [3.8, 4) is 5.75 Å². The van der Waals surface area contributed by atoms with Crippen LogP contribution in [0.4, 0.5) is 19.1 Å². The molecule has 0 aliphatic carbocycles. The molecule has 4 rings (SSSR count). The maximum absolute atomic E-state index is 12.6. The van der Waals surface area contributed by atoms with Gasteiger partial charge in [-0.3, -0.25) is 4.79 Å². The van der Waals surface area contributed by atoms with Crippen molar-refractivity contribution in [1.82, 2.24) is 14.9 Å². The summed E-state index contributed by atoms with van der Waals surface area (Å²) in [5, 5.41) is 2.96. The van der Waals surface area contributed by atoms with Gasteiger partial charge < -0.3 is 19.7 Å². The van der Waals surface area contributed by atoms with Gasteiger partial charge >= 0.3 is 6.36 Å². The maximum atomic E-state index is 12.6. The lowest BCUT2D eigenvalue weighted by Gasteiger charge is -2.57. The Morgan fingerprint density at radius 3 is 2.47 bits per heavy atom. The van der Waals surface area contributed by atoms with Crippen LogP contribution >= 0.6 is 0 Å². The normalized spacial score (nSPS) is 17.3. The number of hydrogen-bond donors (Lipinski definition) is 1. The molecule has 3 heterocycles. The van der Waals surface area contributed by atoms with Crippen LogP contribution in [-0.2, 0) is 17.7 Å². The molecule has 1 N–H and O–H groups in total. The van der Waals surface area contributed by atoms with E-state index in [4.69, 9.17) is 4.74 Å². The van der Waals surface area contributed by atoms with Crippen molar-refractivity contribution in [3.63, 3.8) is 0 Å². The number of aromatic nitrogens is 2. The van der Waals surface area contributed by atoms with Gasteiger partial charge in [-0.2, -0.15) is 0 Å². The highest BCUT2D eigenvalue weighted by molar-refractivity contribution is 5.95. The molecule has 0 saturated carbocycles. The number of anilines is 1. The SMILES string of the molecule is CCc1cc(CNc2ncc(C(=O)N3CCC34COC4)cn2)cc(OC(F)(F)F)c1. The van der Waals surface area contributed by atoms with E-state index in [0.717, 1.165) is 12.0 Å². The highest BCUT2D eigenvalue weighted by Gasteiger charge is 2.53. The Morgan fingerprint density at radius 2 is 1.93 bits per heavy atom. The minimum absolute atomic E-state index is 0.124. The van der Waals surface area contributed by atoms with Crippen LogP contribution in [0.2, 0.25) is 0 Å². The largest absolute Gasteiger partial charge is 0.573 e. The quantitative estimate of drug-likeness (QED) is 0.771. The third kappa shape index (κ3) is 4.18. The van der Waals surface area contributed by atoms with Crippen LogP contribution in [0.1, 0.15) is 34.8 Å². The molecule has 2 aliphatic heterocycles. The number of likely N-dealkylation sites (tertiary alicyclic amines) is 1. The minimum Gasteiger partial charge on any atom is -0.406 e. The van der Waals surface area contributed by atoms with E-state index in [1.54, 1.807) is 11.0 Å². The van der Waals surface area contributed by atoms with Crippen LogP contribution in [0.25, 0.3) is 0 Å². The molecule has 160 valence electrons. The van der Waals surface area contributed by atoms with Gasteiger partial charge in [0.25, 0.3) is 5.91 Å². The number of hydrogen-bond acceptors (Lipinski definition) is 6. The second-order valence-corrected chi connectivity index (χ2v) is 7.46. The molecule has 30 heavy (non-hydrogen) atoms. The Morgan fingerprint density at radius 1 is 1.23 bits per heavy atom. The van der Waals surface area contributed by atoms with Gasteiger partial charge in [0.05, 0.1) is 24.3 Å². The molecule has 1 spiro atoms. The van der Waals surface area contributed by atoms with Crippen LogP contribution in [0.5, 0.6) is 5.75 Å². The van der Waals surface area contributed by atoms with Gasteiger partial charge in [-0.1, -0.05) is 13.0 Å². The summed E-state index contributed by atoms with van der Waals surface area (Å²) in [6.45, 7) is 3.88. The average molecular weight is 422 g/mol. The van der Waals surface area contributed by atoms with E-state index in [2.05, 4.69) is 20.0 Å². The first kappa shape index (κ1) is 20.4. The summed E-state index contributed by atoms with van der Waals surface area (Å²) in [4.78, 5) is 22.7. The molecule has 0 atom stereocenters. The fraction of sp³-hybridized carbons (Fsp3) is 0.450. The molecule has 7 nitrogen and oxygen atoms in total. The lowest BCUT2D eigenvalue weighted by Crippen LogP contribution is -2.72. The number of benzene rings is 1. The van der Waals surface area contributed by atoms with Crippen molar-refractivity contribution < 1.29 is 27.4 Å². The lowest BCUT2D eigenvalue weighted by molar-refractivity contribution is -0.274. The third-order valence-electron chi connectivity index (χ3n) is 5.38. The first-order valence-electron chi connectivity index (χ1n) is 9.62. The molecule has 0 unspecified atom stereocenters. The maximum Gasteiger partial charge on any atom is 0.573 e. The lowest BCUT2D eigenvalue weighted by atomic mass is 9.82. The van der Waals surface area contributed by atoms with Crippen LogP contribution < -0.4 is 10.1 Å². The van der Waals surface area contributed by atoms with Gasteiger partial charge in [-0.25, -0.2) is 9.97 Å². The third-order valence-corrected chi connectivity index (χ3v) is 5.38. The fourth-order valence-corrected chi connectivity index (χ4v) is 3.59. The summed E-state index contributed by atoms with van der Waals surface area (Å²) in [7, 11) is 0. The van der Waals surface area contributed by atoms with Crippen molar-refractivity contribution in [1.29, 1.82) is 0 Å². The number of halogens is 3. The molecular formula is C20H21F3N4O3. The van der Waals surface area contributed by atoms with Gasteiger partial charge in [0, 0.05) is 25.5 Å². The topological polar surface area (TPSA) is 76.6 Å². The van der Waals surface area contributed by atoms with Crippen molar-refractivity contribution in [3.05, 3.63) is 47.3 Å². The highest BCUT2D eigenvalue weighted by atomic mass is 19.4. The number of nitrogens with zero attached hydrogens (tertiary/aromatic N) is 3. The van der Waals surface area contributed by atoms with Gasteiger partial charge in [-0.15, -0.1) is 13.2 Å². The number of aryl methyl sites for hydroxylation is 1. The number of amides is 1. The van der Waals surface area contributed by atoms with E-state index in [1.807, 2.05) is 6.92 Å². The second-order valence-electron chi connectivity index (χ2n) is 7.46. The zero-order valence-corrected chi connectivity index (χ0v) is 16.3. The predicted molar refractivity (Wildman–Crippen MR) is 101 cm³/mol. The number of nitrogens with one attached hydrogen (secondary N) is 1. The molecule has 1 aromatic heterocycles. The second kappa shape index (κ2) is 7.75. The summed E-state index contributed by atoms with van der Waals surface area (Å²) >= 11 is 0. The zero-order valence-electron chi connectivity index (χ0n) is 16.3. The van der Waals surface area contributed by atoms with E-state index in [-0.39, 0.29) is 29.7 Å². The van der Waals surface area contributed by atoms with Crippen molar-refractivity contribution in [2.24, 2.45) is 0 Å². The van der Waals surface area contributed by atoms with Crippen molar-refractivity contribution in [2.45, 2.75) is 38.2 Å². The van der Waals surface area contributed by atoms with Crippen LogP contribution in [0.15, 0.2) is 30.6 Å². The van der Waals surface area contributed by atoms with E-state index in [0.29, 0.717) is 37.3 Å². The van der Waals surface area contributed by atoms with Gasteiger partial charge in [0.1, 0.15) is 5.75 Å². The van der Waals surface area contributed by atoms with E-state index in [9.17, 15) is 18.0 Å². The number of alkyl halides is 3. The Balaban J connectivity index is 1.39. The minimum atomic E-state index is -4.75. The smallest absolute Gasteiger partial charge is 0.406 e. The average Bonchev–Trinajstić information content (AvgIpc) is 2.63. The number of carbonyl (C=O) groups excluding carboxylic acids is 1. The van der Waals surface area contributed by atoms with E-state index in [1.165, 1.54) is 24.5 Å². The molecular weight excluding hydrogens is 401 g/mol. The van der Waals surface area contributed by atoms with Crippen LogP contribution in [-0.4, -0.2) is 52.4 Å². The van der Waals surface area contributed by atoms with Crippen molar-refractivity contribution >= 4 is 11.9 Å². The Bertz CT molecular complexity index is 924. The van der Waals surface area contributed by atoms with E-state index >= 15 is 0 Å². The van der Waals surface area contributed by atoms with Gasteiger partial charge in [0.15, 0.2) is 0 Å². The Hall–Kier alpha value is -2.88. The van der Waals surface area contributed by atoms with Gasteiger partial charge in [0.2, 0.25) is 5.95 Å². The molecule has 1 aromatic carbocycles. The van der Waals surface area contributed by atoms with Crippen LogP contribution in [0, 0.1) is 0 Å². The Kier molecular flexibility index (Phi) is 5.27. The number of ether oxygens (including phenoxy) is 2. The number of carbonyl (C=O) groups is 1. The van der Waals surface area contributed by atoms with E-state index < -0.39 is 6.36 Å². The van der Waals surface area contributed by atoms with Crippen molar-refractivity contribution in [2.75, 3.05) is 25.1 Å². The standard InChI is InChI=1S/C20H21F3N4O3/c1-2-13-5-14(7-16(6-13)30-20(21,22)23)8-24-18-25-9-15(10-26-18)17(28)27-4-3-19(27)11-29-12-19/h5-7,9-10H,2-4,8,11-12H2,1H3,(H,24,25,26). The molecule has 2 aliphatic rings. The first-order valence-corrected chi connectivity index (χ1v) is 9.62. The Labute approximate surface area is 171 Å². The number of rotatable bonds is 6. The summed E-state index contributed by atoms with van der Waals surface area (Å²) in [5.41, 5.74) is 1.55. The fourth-order valence-electron chi connectivity index (χ4n) is 3.59. The monoisotopic (exact) mass is 422 g/mol. The van der Waals surface area contributed by atoms with Crippen LogP contribution in [0.3, 0.4) is 0 Å². The highest BCUT2D eigenvalue weighted by Crippen LogP contribution is 2.38. The molecule has 0 bridgehead atoms. The molecule has 2 fully saturated rings. The molecule has 2 aromatic rings. The predicted octanol–water partition coefficient (Wildman–Crippen LogP) is 3.16.